The van der Waals surface area contributed by atoms with Crippen molar-refractivity contribution in [2.75, 3.05) is 22.4 Å². The zero-order valence-electron chi connectivity index (χ0n) is 26.0. The van der Waals surface area contributed by atoms with Crippen LogP contribution in [-0.2, 0) is 0 Å². The van der Waals surface area contributed by atoms with Gasteiger partial charge < -0.3 is 9.64 Å². The van der Waals surface area contributed by atoms with Gasteiger partial charge in [-0.2, -0.15) is 5.26 Å². The second-order valence-corrected chi connectivity index (χ2v) is 14.6. The van der Waals surface area contributed by atoms with E-state index < -0.39 is 0 Å². The molecule has 0 saturated carbocycles. The minimum atomic E-state index is 0.135. The molecule has 1 fully saturated rings. The first-order valence-corrected chi connectivity index (χ1v) is 17.0. The molecular formula is C35H43N5OS2. The molecule has 2 aromatic heterocycles. The number of hydrogen-bond acceptors (Lipinski definition) is 8. The van der Waals surface area contributed by atoms with Gasteiger partial charge in [0.15, 0.2) is 0 Å². The van der Waals surface area contributed by atoms with Gasteiger partial charge in [-0.05, 0) is 120 Å². The van der Waals surface area contributed by atoms with Gasteiger partial charge in [0.25, 0.3) is 0 Å². The maximum absolute atomic E-state index is 9.85. The van der Waals surface area contributed by atoms with Crippen LogP contribution in [0.15, 0.2) is 54.6 Å². The summed E-state index contributed by atoms with van der Waals surface area (Å²) >= 11 is 3.19. The molecular weight excluding hydrogens is 571 g/mol. The number of rotatable bonds is 12. The summed E-state index contributed by atoms with van der Waals surface area (Å²) in [5.74, 6) is 0.845. The first-order chi connectivity index (χ1) is 20.7. The number of unbranched alkanes of at least 4 members (excludes halogenated alkanes) is 3. The Balaban J connectivity index is 1.19. The van der Waals surface area contributed by atoms with Crippen molar-refractivity contribution in [1.29, 1.82) is 5.26 Å². The smallest absolute Gasteiger partial charge is 0.203 e. The zero-order valence-corrected chi connectivity index (χ0v) is 27.6. The molecule has 226 valence electrons. The van der Waals surface area contributed by atoms with E-state index in [2.05, 4.69) is 86.8 Å². The van der Waals surface area contributed by atoms with Crippen LogP contribution in [0.2, 0.25) is 0 Å². The van der Waals surface area contributed by atoms with Crippen LogP contribution in [0.1, 0.15) is 90.0 Å². The van der Waals surface area contributed by atoms with Gasteiger partial charge >= 0.3 is 0 Å². The van der Waals surface area contributed by atoms with Crippen molar-refractivity contribution in [2.24, 2.45) is 0 Å². The number of nitrogens with zero attached hydrogens (tertiary/aromatic N) is 3. The zero-order chi connectivity index (χ0) is 30.5. The highest BCUT2D eigenvalue weighted by molar-refractivity contribution is 7.29. The molecule has 0 radical (unpaired) electrons. The fourth-order valence-electron chi connectivity index (χ4n) is 6.16. The van der Waals surface area contributed by atoms with Gasteiger partial charge in [-0.3, -0.25) is 10.9 Å². The molecule has 0 atom stereocenters. The van der Waals surface area contributed by atoms with Gasteiger partial charge in [-0.15, -0.1) is 11.3 Å². The lowest BCUT2D eigenvalue weighted by Gasteiger charge is -2.54. The largest absolute Gasteiger partial charge is 0.494 e. The fourth-order valence-corrected chi connectivity index (χ4v) is 8.19. The first kappa shape index (κ1) is 30.9. The van der Waals surface area contributed by atoms with Gasteiger partial charge in [0.05, 0.1) is 28.6 Å². The van der Waals surface area contributed by atoms with Gasteiger partial charge in [0.2, 0.25) is 5.13 Å². The van der Waals surface area contributed by atoms with Crippen LogP contribution in [0.4, 0.5) is 16.5 Å². The van der Waals surface area contributed by atoms with Crippen molar-refractivity contribution in [3.8, 4) is 11.8 Å². The van der Waals surface area contributed by atoms with Crippen LogP contribution in [0.5, 0.6) is 5.75 Å². The molecule has 0 unspecified atom stereocenters. The van der Waals surface area contributed by atoms with Crippen molar-refractivity contribution >= 4 is 60.4 Å². The summed E-state index contributed by atoms with van der Waals surface area (Å²) in [6.07, 6.45) is 10.3. The lowest BCUT2D eigenvalue weighted by molar-refractivity contribution is 0.244. The van der Waals surface area contributed by atoms with Crippen LogP contribution in [0.25, 0.3) is 21.2 Å². The number of piperidine rings is 1. The standard InChI is InChI=1S/C35H43N5OS2/c1-6-7-8-9-21-41-29-17-11-25(12-18-29)26(24-36)22-30-23-31-32(42-30)37-33(43-31)39-38-27-13-15-28(16-14-27)40-34(2,3)19-10-20-35(40,4)5/h11-18,22-23,38H,6-10,19-21H2,1-5H3,(H,37,39)/b26-22+. The number of thiophene rings is 1. The third-order valence-corrected chi connectivity index (χ3v) is 10.2. The van der Waals surface area contributed by atoms with E-state index in [0.717, 1.165) is 49.6 Å². The van der Waals surface area contributed by atoms with Crippen LogP contribution < -0.4 is 20.5 Å². The Labute approximate surface area is 264 Å². The highest BCUT2D eigenvalue weighted by atomic mass is 32.1. The van der Waals surface area contributed by atoms with Crippen molar-refractivity contribution in [3.05, 3.63) is 65.0 Å². The van der Waals surface area contributed by atoms with Gasteiger partial charge in [0, 0.05) is 21.6 Å². The lowest BCUT2D eigenvalue weighted by atomic mass is 9.79. The van der Waals surface area contributed by atoms with Crippen LogP contribution in [0, 0.1) is 11.3 Å². The molecule has 0 bridgehead atoms. The highest BCUT2D eigenvalue weighted by Gasteiger charge is 2.41. The number of aromatic nitrogens is 1. The third-order valence-electron chi connectivity index (χ3n) is 8.17. The minimum absolute atomic E-state index is 0.135. The van der Waals surface area contributed by atoms with E-state index >= 15 is 0 Å². The molecule has 8 heteroatoms. The number of hydrazine groups is 1. The maximum Gasteiger partial charge on any atom is 0.203 e. The van der Waals surface area contributed by atoms with E-state index in [0.29, 0.717) is 5.57 Å². The molecule has 3 heterocycles. The summed E-state index contributed by atoms with van der Waals surface area (Å²) in [7, 11) is 0. The molecule has 1 aliphatic heterocycles. The molecule has 1 saturated heterocycles. The number of nitriles is 1. The fraction of sp³-hybridized carbons (Fsp3) is 0.429. The predicted octanol–water partition coefficient (Wildman–Crippen LogP) is 10.4. The summed E-state index contributed by atoms with van der Waals surface area (Å²) in [6.45, 7) is 12.3. The van der Waals surface area contributed by atoms with Crippen molar-refractivity contribution in [3.63, 3.8) is 0 Å². The van der Waals surface area contributed by atoms with Crippen LogP contribution in [-0.4, -0.2) is 22.7 Å². The third kappa shape index (κ3) is 7.52. The van der Waals surface area contributed by atoms with E-state index in [9.17, 15) is 5.26 Å². The topological polar surface area (TPSA) is 73.2 Å². The Kier molecular flexibility index (Phi) is 9.63. The van der Waals surface area contributed by atoms with E-state index in [1.54, 1.807) is 22.7 Å². The molecule has 2 N–H and O–H groups in total. The number of thiazole rings is 1. The average molecular weight is 614 g/mol. The Morgan fingerprint density at radius 1 is 0.977 bits per heavy atom. The number of nitrogens with one attached hydrogen (secondary N) is 2. The first-order valence-electron chi connectivity index (χ1n) is 15.4. The van der Waals surface area contributed by atoms with E-state index in [1.807, 2.05) is 30.3 Å². The molecule has 1 aliphatic rings. The number of fused-ring (bicyclic) bond motifs is 1. The van der Waals surface area contributed by atoms with Crippen molar-refractivity contribution in [2.45, 2.75) is 90.6 Å². The number of hydrogen-bond donors (Lipinski definition) is 2. The Bertz CT molecular complexity index is 1530. The quantitative estimate of drug-likeness (QED) is 0.0941. The van der Waals surface area contributed by atoms with E-state index in [-0.39, 0.29) is 11.1 Å². The Morgan fingerprint density at radius 3 is 2.35 bits per heavy atom. The average Bonchev–Trinajstić information content (AvgIpc) is 3.53. The van der Waals surface area contributed by atoms with Gasteiger partial charge in [-0.1, -0.05) is 37.5 Å². The monoisotopic (exact) mass is 613 g/mol. The van der Waals surface area contributed by atoms with Crippen LogP contribution >= 0.6 is 22.7 Å². The minimum Gasteiger partial charge on any atom is -0.494 e. The molecule has 43 heavy (non-hydrogen) atoms. The SMILES string of the molecule is CCCCCCOc1ccc(/C(C#N)=C/c2cc3sc(NNc4ccc(N5C(C)(C)CCCC5(C)C)cc4)nc3s2)cc1. The van der Waals surface area contributed by atoms with E-state index in [1.165, 1.54) is 44.2 Å². The summed E-state index contributed by atoms with van der Waals surface area (Å²) < 4.78 is 6.95. The molecule has 5 rings (SSSR count). The Hall–Kier alpha value is -3.54. The molecule has 0 aliphatic carbocycles. The maximum atomic E-state index is 9.85. The molecule has 6 nitrogen and oxygen atoms in total. The summed E-state index contributed by atoms with van der Waals surface area (Å²) in [5, 5.41) is 10.7. The second-order valence-electron chi connectivity index (χ2n) is 12.6. The molecule has 0 amide bonds. The van der Waals surface area contributed by atoms with Gasteiger partial charge in [0.1, 0.15) is 10.6 Å². The number of ether oxygens (including phenoxy) is 1. The summed E-state index contributed by atoms with van der Waals surface area (Å²) in [5.41, 5.74) is 10.6. The van der Waals surface area contributed by atoms with E-state index in [4.69, 9.17) is 9.72 Å². The molecule has 4 aromatic rings. The summed E-state index contributed by atoms with van der Waals surface area (Å²) in [4.78, 5) is 9.32. The van der Waals surface area contributed by atoms with Crippen LogP contribution in [0.3, 0.4) is 0 Å². The number of benzene rings is 2. The van der Waals surface area contributed by atoms with Crippen molar-refractivity contribution in [1.82, 2.24) is 4.98 Å². The normalized spacial score (nSPS) is 16.2. The Morgan fingerprint density at radius 2 is 1.70 bits per heavy atom. The predicted molar refractivity (Wildman–Crippen MR) is 185 cm³/mol. The number of allylic oxidation sites excluding steroid dienone is 1. The summed E-state index contributed by atoms with van der Waals surface area (Å²) in [6, 6.07) is 20.9. The second kappa shape index (κ2) is 13.4. The molecule has 0 spiro atoms. The van der Waals surface area contributed by atoms with Gasteiger partial charge in [-0.25, -0.2) is 4.98 Å². The van der Waals surface area contributed by atoms with Crippen molar-refractivity contribution < 1.29 is 4.74 Å². The molecule has 2 aromatic carbocycles. The highest BCUT2D eigenvalue weighted by Crippen LogP contribution is 2.42. The number of anilines is 3. The lowest BCUT2D eigenvalue weighted by Crippen LogP contribution is -2.58.